The highest BCUT2D eigenvalue weighted by atomic mass is 35.5. The van der Waals surface area contributed by atoms with E-state index in [1.165, 1.54) is 11.3 Å². The lowest BCUT2D eigenvalue weighted by atomic mass is 10.2. The van der Waals surface area contributed by atoms with E-state index in [9.17, 15) is 4.79 Å². The summed E-state index contributed by atoms with van der Waals surface area (Å²) < 4.78 is 5.41. The number of amides is 1. The minimum Gasteiger partial charge on any atom is -0.378 e. The normalized spacial score (nSPS) is 14.4. The van der Waals surface area contributed by atoms with Crippen molar-refractivity contribution >= 4 is 51.6 Å². The van der Waals surface area contributed by atoms with Crippen molar-refractivity contribution in [3.05, 3.63) is 51.8 Å². The highest BCUT2D eigenvalue weighted by Gasteiger charge is 2.18. The fourth-order valence-corrected chi connectivity index (χ4v) is 4.55. The first-order valence-electron chi connectivity index (χ1n) is 8.14. The summed E-state index contributed by atoms with van der Waals surface area (Å²) in [6.07, 6.45) is 0. The van der Waals surface area contributed by atoms with Crippen molar-refractivity contribution < 1.29 is 9.53 Å². The molecule has 26 heavy (non-hydrogen) atoms. The number of carbonyl (C=O) groups excluding carboxylic acids is 1. The van der Waals surface area contributed by atoms with Crippen LogP contribution in [0.3, 0.4) is 0 Å². The van der Waals surface area contributed by atoms with Gasteiger partial charge in [0, 0.05) is 23.5 Å². The number of thiophene rings is 1. The number of halogens is 1. The summed E-state index contributed by atoms with van der Waals surface area (Å²) in [7, 11) is 0. The SMILES string of the molecule is O=C(Nc1cc(Cl)ccc1N1CCOCC1)c1csc(-c2cccs2)n1. The van der Waals surface area contributed by atoms with Crippen molar-refractivity contribution in [2.24, 2.45) is 0 Å². The predicted octanol–water partition coefficient (Wildman–Crippen LogP) is 4.61. The number of thiazole rings is 1. The second kappa shape index (κ2) is 7.75. The van der Waals surface area contributed by atoms with E-state index in [4.69, 9.17) is 16.3 Å². The highest BCUT2D eigenvalue weighted by molar-refractivity contribution is 7.20. The van der Waals surface area contributed by atoms with Crippen LogP contribution in [0, 0.1) is 0 Å². The first-order valence-corrected chi connectivity index (χ1v) is 10.3. The molecule has 1 aliphatic rings. The van der Waals surface area contributed by atoms with E-state index in [1.807, 2.05) is 29.6 Å². The standard InChI is InChI=1S/C18H16ClN3O2S2/c19-12-3-4-15(22-5-7-24-8-6-22)13(10-12)20-17(23)14-11-26-18(21-14)16-2-1-9-25-16/h1-4,9-11H,5-8H2,(H,20,23). The first-order chi connectivity index (χ1) is 12.7. The number of aromatic nitrogens is 1. The number of anilines is 2. The third-order valence-electron chi connectivity index (χ3n) is 4.03. The van der Waals surface area contributed by atoms with Gasteiger partial charge in [-0.05, 0) is 29.6 Å². The molecule has 134 valence electrons. The molecule has 1 amide bonds. The molecule has 4 rings (SSSR count). The second-order valence-electron chi connectivity index (χ2n) is 5.73. The lowest BCUT2D eigenvalue weighted by Crippen LogP contribution is -2.36. The van der Waals surface area contributed by atoms with Crippen molar-refractivity contribution in [1.29, 1.82) is 0 Å². The molecule has 0 spiro atoms. The van der Waals surface area contributed by atoms with Crippen molar-refractivity contribution in [1.82, 2.24) is 4.98 Å². The fraction of sp³-hybridized carbons (Fsp3) is 0.222. The number of hydrogen-bond donors (Lipinski definition) is 1. The molecule has 2 aromatic heterocycles. The number of nitrogens with zero attached hydrogens (tertiary/aromatic N) is 2. The van der Waals surface area contributed by atoms with E-state index in [0.717, 1.165) is 28.7 Å². The van der Waals surface area contributed by atoms with Gasteiger partial charge in [0.25, 0.3) is 5.91 Å². The summed E-state index contributed by atoms with van der Waals surface area (Å²) in [6, 6.07) is 9.51. The Bertz CT molecular complexity index is 905. The molecule has 5 nitrogen and oxygen atoms in total. The Hall–Kier alpha value is -1.93. The Morgan fingerprint density at radius 3 is 2.85 bits per heavy atom. The maximum Gasteiger partial charge on any atom is 0.275 e. The second-order valence-corrected chi connectivity index (χ2v) is 7.97. The summed E-state index contributed by atoms with van der Waals surface area (Å²) in [5.74, 6) is -0.235. The molecule has 0 bridgehead atoms. The summed E-state index contributed by atoms with van der Waals surface area (Å²) >= 11 is 9.23. The molecule has 1 N–H and O–H groups in total. The molecule has 1 saturated heterocycles. The average Bonchev–Trinajstić information content (AvgIpc) is 3.34. The van der Waals surface area contributed by atoms with Gasteiger partial charge in [0.2, 0.25) is 0 Å². The summed E-state index contributed by atoms with van der Waals surface area (Å²) in [5, 5.41) is 8.17. The van der Waals surface area contributed by atoms with Gasteiger partial charge in [0.1, 0.15) is 10.7 Å². The zero-order valence-electron chi connectivity index (χ0n) is 13.8. The molecule has 3 heterocycles. The number of morpholine rings is 1. The number of carbonyl (C=O) groups is 1. The van der Waals surface area contributed by atoms with Crippen LogP contribution in [-0.2, 0) is 4.74 Å². The van der Waals surface area contributed by atoms with E-state index < -0.39 is 0 Å². The largest absolute Gasteiger partial charge is 0.378 e. The van der Waals surface area contributed by atoms with Gasteiger partial charge < -0.3 is 15.0 Å². The molecule has 1 aromatic carbocycles. The minimum atomic E-state index is -0.235. The lowest BCUT2D eigenvalue weighted by molar-refractivity contribution is 0.102. The van der Waals surface area contributed by atoms with Crippen LogP contribution in [0.4, 0.5) is 11.4 Å². The Labute approximate surface area is 164 Å². The Balaban J connectivity index is 1.56. The van der Waals surface area contributed by atoms with Gasteiger partial charge in [0.05, 0.1) is 29.5 Å². The lowest BCUT2D eigenvalue weighted by Gasteiger charge is -2.30. The molecular formula is C18H16ClN3O2S2. The third kappa shape index (κ3) is 3.76. The van der Waals surface area contributed by atoms with E-state index in [-0.39, 0.29) is 5.91 Å². The topological polar surface area (TPSA) is 54.5 Å². The molecule has 0 radical (unpaired) electrons. The number of benzene rings is 1. The number of nitrogens with one attached hydrogen (secondary N) is 1. The molecule has 0 aliphatic carbocycles. The minimum absolute atomic E-state index is 0.235. The van der Waals surface area contributed by atoms with Gasteiger partial charge >= 0.3 is 0 Å². The summed E-state index contributed by atoms with van der Waals surface area (Å²) in [5.41, 5.74) is 2.04. The van der Waals surface area contributed by atoms with E-state index in [2.05, 4.69) is 15.2 Å². The fourth-order valence-electron chi connectivity index (χ4n) is 2.77. The molecule has 8 heteroatoms. The average molecular weight is 406 g/mol. The van der Waals surface area contributed by atoms with Crippen LogP contribution in [0.2, 0.25) is 5.02 Å². The molecule has 1 fully saturated rings. The molecule has 0 unspecified atom stereocenters. The quantitative estimate of drug-likeness (QED) is 0.688. The van der Waals surface area contributed by atoms with Gasteiger partial charge in [-0.2, -0.15) is 0 Å². The zero-order chi connectivity index (χ0) is 17.9. The number of rotatable bonds is 4. The van der Waals surface area contributed by atoms with Crippen LogP contribution in [0.5, 0.6) is 0 Å². The molecule has 3 aromatic rings. The summed E-state index contributed by atoms with van der Waals surface area (Å²) in [6.45, 7) is 2.91. The first kappa shape index (κ1) is 17.5. The van der Waals surface area contributed by atoms with Gasteiger partial charge in [-0.3, -0.25) is 4.79 Å². The van der Waals surface area contributed by atoms with E-state index >= 15 is 0 Å². The van der Waals surface area contributed by atoms with Gasteiger partial charge in [-0.15, -0.1) is 22.7 Å². The Kier molecular flexibility index (Phi) is 5.21. The van der Waals surface area contributed by atoms with Crippen molar-refractivity contribution in [3.8, 4) is 9.88 Å². The van der Waals surface area contributed by atoms with E-state index in [1.54, 1.807) is 22.8 Å². The number of ether oxygens (including phenoxy) is 1. The Morgan fingerprint density at radius 2 is 2.08 bits per heavy atom. The highest BCUT2D eigenvalue weighted by Crippen LogP contribution is 2.31. The molecule has 0 atom stereocenters. The van der Waals surface area contributed by atoms with E-state index in [0.29, 0.717) is 29.6 Å². The Morgan fingerprint density at radius 1 is 1.23 bits per heavy atom. The molecule has 0 saturated carbocycles. The van der Waals surface area contributed by atoms with Crippen LogP contribution in [0.15, 0.2) is 41.1 Å². The maximum absolute atomic E-state index is 12.7. The van der Waals surface area contributed by atoms with Gasteiger partial charge in [-0.25, -0.2) is 4.98 Å². The smallest absolute Gasteiger partial charge is 0.275 e. The van der Waals surface area contributed by atoms with Crippen molar-refractivity contribution in [3.63, 3.8) is 0 Å². The van der Waals surface area contributed by atoms with Crippen LogP contribution in [0.1, 0.15) is 10.5 Å². The van der Waals surface area contributed by atoms with Crippen molar-refractivity contribution in [2.75, 3.05) is 36.5 Å². The zero-order valence-corrected chi connectivity index (χ0v) is 16.2. The van der Waals surface area contributed by atoms with Crippen LogP contribution in [0.25, 0.3) is 9.88 Å². The predicted molar refractivity (Wildman–Crippen MR) is 108 cm³/mol. The maximum atomic E-state index is 12.7. The summed E-state index contributed by atoms with van der Waals surface area (Å²) in [4.78, 5) is 20.4. The van der Waals surface area contributed by atoms with Crippen LogP contribution in [-0.4, -0.2) is 37.2 Å². The van der Waals surface area contributed by atoms with Crippen LogP contribution >= 0.6 is 34.3 Å². The van der Waals surface area contributed by atoms with Gasteiger partial charge in [-0.1, -0.05) is 17.7 Å². The van der Waals surface area contributed by atoms with Gasteiger partial charge in [0.15, 0.2) is 0 Å². The monoisotopic (exact) mass is 405 g/mol. The number of hydrogen-bond acceptors (Lipinski definition) is 6. The third-order valence-corrected chi connectivity index (χ3v) is 6.14. The molecular weight excluding hydrogens is 390 g/mol. The van der Waals surface area contributed by atoms with Crippen molar-refractivity contribution in [2.45, 2.75) is 0 Å². The molecule has 1 aliphatic heterocycles. The van der Waals surface area contributed by atoms with Crippen LogP contribution < -0.4 is 10.2 Å².